The number of aromatic nitrogens is 2. The summed E-state index contributed by atoms with van der Waals surface area (Å²) in [6, 6.07) is 6.21. The Hall–Kier alpha value is -2.21. The summed E-state index contributed by atoms with van der Waals surface area (Å²) in [5.41, 5.74) is 1.66. The van der Waals surface area contributed by atoms with Crippen molar-refractivity contribution in [3.8, 4) is 23.2 Å². The maximum Gasteiger partial charge on any atom is 0.159 e. The van der Waals surface area contributed by atoms with Crippen LogP contribution >= 0.6 is 0 Å². The van der Waals surface area contributed by atoms with E-state index in [0.29, 0.717) is 11.7 Å². The van der Waals surface area contributed by atoms with Crippen LogP contribution in [0.15, 0.2) is 36.7 Å². The molecule has 2 nitrogen and oxygen atoms in total. The van der Waals surface area contributed by atoms with E-state index in [0.717, 1.165) is 17.0 Å². The molecule has 0 N–H and O–H groups in total. The van der Waals surface area contributed by atoms with E-state index >= 15 is 0 Å². The van der Waals surface area contributed by atoms with E-state index in [2.05, 4.69) is 28.7 Å². The third-order valence-corrected chi connectivity index (χ3v) is 4.99. The number of rotatable bonds is 4. The quantitative estimate of drug-likeness (QED) is 0.676. The molecule has 25 heavy (non-hydrogen) atoms. The van der Waals surface area contributed by atoms with E-state index in [1.165, 1.54) is 57.1 Å². The first-order valence-corrected chi connectivity index (χ1v) is 9.34. The van der Waals surface area contributed by atoms with Gasteiger partial charge in [0.05, 0.1) is 5.56 Å². The first-order chi connectivity index (χ1) is 12.2. The Balaban J connectivity index is 1.56. The third kappa shape index (κ3) is 5.13. The van der Waals surface area contributed by atoms with Crippen LogP contribution in [0.1, 0.15) is 57.4 Å². The van der Waals surface area contributed by atoms with E-state index in [1.54, 1.807) is 24.5 Å². The average molecular weight is 336 g/mol. The van der Waals surface area contributed by atoms with Crippen molar-refractivity contribution in [1.29, 1.82) is 0 Å². The van der Waals surface area contributed by atoms with Gasteiger partial charge in [-0.25, -0.2) is 14.4 Å². The number of unbranched alkanes of at least 4 members (excludes halogenated alkanes) is 1. The molecule has 1 fully saturated rings. The van der Waals surface area contributed by atoms with Crippen LogP contribution < -0.4 is 0 Å². The summed E-state index contributed by atoms with van der Waals surface area (Å²) in [5.74, 6) is 8.39. The SMILES string of the molecule is CCCC[C@H]1CC[C@H](C#Cc2cnc(-c3ccc(F)cc3)nc2)CC1. The van der Waals surface area contributed by atoms with Gasteiger partial charge in [-0.05, 0) is 55.9 Å². The van der Waals surface area contributed by atoms with Gasteiger partial charge in [0.25, 0.3) is 0 Å². The fraction of sp³-hybridized carbons (Fsp3) is 0.455. The normalized spacial score (nSPS) is 19.9. The molecule has 0 aliphatic heterocycles. The van der Waals surface area contributed by atoms with E-state index < -0.39 is 0 Å². The van der Waals surface area contributed by atoms with Gasteiger partial charge in [0, 0.05) is 23.9 Å². The van der Waals surface area contributed by atoms with Crippen LogP contribution in [-0.2, 0) is 0 Å². The van der Waals surface area contributed by atoms with Crippen LogP contribution in [-0.4, -0.2) is 9.97 Å². The highest BCUT2D eigenvalue weighted by molar-refractivity contribution is 5.54. The van der Waals surface area contributed by atoms with Gasteiger partial charge in [0.15, 0.2) is 5.82 Å². The van der Waals surface area contributed by atoms with Gasteiger partial charge in [0.2, 0.25) is 0 Å². The van der Waals surface area contributed by atoms with Crippen molar-refractivity contribution in [1.82, 2.24) is 9.97 Å². The lowest BCUT2D eigenvalue weighted by molar-refractivity contribution is 0.296. The van der Waals surface area contributed by atoms with Crippen LogP contribution in [0.2, 0.25) is 0 Å². The molecule has 0 radical (unpaired) electrons. The summed E-state index contributed by atoms with van der Waals surface area (Å²) >= 11 is 0. The molecule has 1 aromatic heterocycles. The van der Waals surface area contributed by atoms with Crippen molar-refractivity contribution in [3.05, 3.63) is 48.0 Å². The fourth-order valence-electron chi connectivity index (χ4n) is 3.41. The van der Waals surface area contributed by atoms with E-state index in [4.69, 9.17) is 0 Å². The topological polar surface area (TPSA) is 25.8 Å². The molecule has 1 aliphatic carbocycles. The van der Waals surface area contributed by atoms with Gasteiger partial charge in [-0.15, -0.1) is 0 Å². The Morgan fingerprint density at radius 1 is 1.04 bits per heavy atom. The molecular weight excluding hydrogens is 311 g/mol. The Labute approximate surface area is 149 Å². The van der Waals surface area contributed by atoms with Gasteiger partial charge >= 0.3 is 0 Å². The van der Waals surface area contributed by atoms with Crippen molar-refractivity contribution in [2.75, 3.05) is 0 Å². The lowest BCUT2D eigenvalue weighted by Crippen LogP contribution is -2.13. The van der Waals surface area contributed by atoms with Gasteiger partial charge in [-0.2, -0.15) is 0 Å². The molecule has 3 heteroatoms. The molecule has 1 heterocycles. The van der Waals surface area contributed by atoms with E-state index in [-0.39, 0.29) is 5.82 Å². The number of hydrogen-bond donors (Lipinski definition) is 0. The molecule has 2 aromatic rings. The van der Waals surface area contributed by atoms with Crippen LogP contribution in [0.3, 0.4) is 0 Å². The Kier molecular flexibility index (Phi) is 6.17. The largest absolute Gasteiger partial charge is 0.235 e. The molecule has 0 bridgehead atoms. The maximum absolute atomic E-state index is 13.0. The highest BCUT2D eigenvalue weighted by atomic mass is 19.1. The molecule has 1 saturated carbocycles. The molecule has 130 valence electrons. The molecular formula is C22H25FN2. The van der Waals surface area contributed by atoms with Crippen LogP contribution in [0.5, 0.6) is 0 Å². The zero-order valence-electron chi connectivity index (χ0n) is 14.8. The second-order valence-corrected chi connectivity index (χ2v) is 6.93. The Morgan fingerprint density at radius 2 is 1.72 bits per heavy atom. The van der Waals surface area contributed by atoms with E-state index in [1.807, 2.05) is 0 Å². The zero-order valence-corrected chi connectivity index (χ0v) is 14.8. The lowest BCUT2D eigenvalue weighted by Gasteiger charge is -2.25. The van der Waals surface area contributed by atoms with Crippen molar-refractivity contribution >= 4 is 0 Å². The van der Waals surface area contributed by atoms with E-state index in [9.17, 15) is 4.39 Å². The molecule has 0 spiro atoms. The molecule has 0 unspecified atom stereocenters. The minimum atomic E-state index is -0.254. The minimum absolute atomic E-state index is 0.254. The molecule has 0 amide bonds. The predicted octanol–water partition coefficient (Wildman–Crippen LogP) is 5.63. The van der Waals surface area contributed by atoms with Crippen molar-refractivity contribution in [2.24, 2.45) is 11.8 Å². The molecule has 3 rings (SSSR count). The standard InChI is InChI=1S/C22H25FN2/c1-2-3-4-17-5-7-18(8-6-17)9-10-19-15-24-22(25-16-19)20-11-13-21(23)14-12-20/h11-18H,2-8H2,1H3/t17-,18-. The Bertz CT molecular complexity index is 717. The summed E-state index contributed by atoms with van der Waals surface area (Å²) in [5, 5.41) is 0. The van der Waals surface area contributed by atoms with Gasteiger partial charge in [-0.3, -0.25) is 0 Å². The summed E-state index contributed by atoms with van der Waals surface area (Å²) in [7, 11) is 0. The first kappa shape index (κ1) is 17.6. The van der Waals surface area contributed by atoms with Crippen molar-refractivity contribution in [3.63, 3.8) is 0 Å². The molecule has 1 aromatic carbocycles. The average Bonchev–Trinajstić information content (AvgIpc) is 2.67. The summed E-state index contributed by atoms with van der Waals surface area (Å²) in [6.45, 7) is 2.26. The molecule has 0 saturated heterocycles. The predicted molar refractivity (Wildman–Crippen MR) is 99.3 cm³/mol. The van der Waals surface area contributed by atoms with Crippen molar-refractivity contribution < 1.29 is 4.39 Å². The van der Waals surface area contributed by atoms with Crippen molar-refractivity contribution in [2.45, 2.75) is 51.9 Å². The summed E-state index contributed by atoms with van der Waals surface area (Å²) in [4.78, 5) is 8.70. The monoisotopic (exact) mass is 336 g/mol. The smallest absolute Gasteiger partial charge is 0.159 e. The van der Waals surface area contributed by atoms with Crippen LogP contribution in [0.25, 0.3) is 11.4 Å². The molecule has 1 aliphatic rings. The zero-order chi connectivity index (χ0) is 17.5. The second kappa shape index (κ2) is 8.76. The highest BCUT2D eigenvalue weighted by Crippen LogP contribution is 2.31. The first-order valence-electron chi connectivity index (χ1n) is 9.34. The minimum Gasteiger partial charge on any atom is -0.235 e. The molecule has 0 atom stereocenters. The Morgan fingerprint density at radius 3 is 2.36 bits per heavy atom. The second-order valence-electron chi connectivity index (χ2n) is 6.93. The number of nitrogens with zero attached hydrogens (tertiary/aromatic N) is 2. The summed E-state index contributed by atoms with van der Waals surface area (Å²) < 4.78 is 13.0. The number of halogens is 1. The summed E-state index contributed by atoms with van der Waals surface area (Å²) in [6.07, 6.45) is 12.6. The fourth-order valence-corrected chi connectivity index (χ4v) is 3.41. The third-order valence-electron chi connectivity index (χ3n) is 4.99. The van der Waals surface area contributed by atoms with Crippen LogP contribution in [0.4, 0.5) is 4.39 Å². The number of benzene rings is 1. The van der Waals surface area contributed by atoms with Gasteiger partial charge < -0.3 is 0 Å². The maximum atomic E-state index is 13.0. The van der Waals surface area contributed by atoms with Crippen LogP contribution in [0, 0.1) is 29.5 Å². The van der Waals surface area contributed by atoms with Gasteiger partial charge in [-0.1, -0.05) is 38.0 Å². The van der Waals surface area contributed by atoms with Gasteiger partial charge in [0.1, 0.15) is 5.82 Å². The lowest BCUT2D eigenvalue weighted by atomic mass is 9.80. The number of hydrogen-bond acceptors (Lipinski definition) is 2. The highest BCUT2D eigenvalue weighted by Gasteiger charge is 2.19.